The second-order valence-electron chi connectivity index (χ2n) is 10.2. The van der Waals surface area contributed by atoms with Gasteiger partial charge in [-0.3, -0.25) is 4.79 Å². The van der Waals surface area contributed by atoms with Gasteiger partial charge >= 0.3 is 0 Å². The third-order valence-corrected chi connectivity index (χ3v) is 8.09. The number of carbonyl (C=O) groups excluding carboxylic acids is 1. The van der Waals surface area contributed by atoms with E-state index >= 15 is 4.39 Å². The Kier molecular flexibility index (Phi) is 8.04. The Morgan fingerprint density at radius 2 is 1.98 bits per heavy atom. The van der Waals surface area contributed by atoms with Crippen molar-refractivity contribution >= 4 is 28.8 Å². The molecule has 210 valence electrons. The number of nitrogens with one attached hydrogen (secondary N) is 1. The number of aryl methyl sites for hydroxylation is 1. The summed E-state index contributed by atoms with van der Waals surface area (Å²) in [5, 5.41) is 3.32. The molecule has 8 nitrogen and oxygen atoms in total. The summed E-state index contributed by atoms with van der Waals surface area (Å²) in [5.41, 5.74) is 0.814. The van der Waals surface area contributed by atoms with E-state index in [1.165, 1.54) is 24.9 Å². The highest BCUT2D eigenvalue weighted by atomic mass is 32.2. The molecule has 1 saturated heterocycles. The topological polar surface area (TPSA) is 88.9 Å². The average molecular weight is 568 g/mol. The SMILES string of the molecule is COc1nc(N2C[C@H]3CSC(NC(=O)c4ccccc4)=N[C@@]3(c3cc(COC(C)C)ccc3F)C2)nc(C)c1F. The second kappa shape index (κ2) is 11.5. The lowest BCUT2D eigenvalue weighted by Crippen LogP contribution is -2.43. The summed E-state index contributed by atoms with van der Waals surface area (Å²) in [6, 6.07) is 13.8. The molecule has 1 fully saturated rings. The van der Waals surface area contributed by atoms with Crippen molar-refractivity contribution in [2.75, 3.05) is 30.9 Å². The van der Waals surface area contributed by atoms with Crippen molar-refractivity contribution in [1.82, 2.24) is 15.3 Å². The molecular formula is C29H31F2N5O3S. The number of aliphatic imine (C=N–C) groups is 1. The molecule has 5 rings (SSSR count). The van der Waals surface area contributed by atoms with Gasteiger partial charge in [0.1, 0.15) is 11.4 Å². The lowest BCUT2D eigenvalue weighted by Gasteiger charge is -2.36. The number of rotatable bonds is 7. The zero-order chi connectivity index (χ0) is 28.4. The predicted molar refractivity (Wildman–Crippen MR) is 151 cm³/mol. The average Bonchev–Trinajstić information content (AvgIpc) is 3.34. The van der Waals surface area contributed by atoms with Crippen molar-refractivity contribution in [2.24, 2.45) is 10.9 Å². The molecule has 1 N–H and O–H groups in total. The zero-order valence-corrected chi connectivity index (χ0v) is 23.6. The third kappa shape index (κ3) is 5.53. The summed E-state index contributed by atoms with van der Waals surface area (Å²) in [6.07, 6.45) is 0.0131. The zero-order valence-electron chi connectivity index (χ0n) is 22.8. The van der Waals surface area contributed by atoms with Crippen LogP contribution in [0.5, 0.6) is 5.88 Å². The summed E-state index contributed by atoms with van der Waals surface area (Å²) in [6.45, 7) is 6.43. The summed E-state index contributed by atoms with van der Waals surface area (Å²) < 4.78 is 41.0. The first-order valence-corrected chi connectivity index (χ1v) is 14.0. The summed E-state index contributed by atoms with van der Waals surface area (Å²) >= 11 is 1.41. The molecule has 1 aromatic heterocycles. The van der Waals surface area contributed by atoms with Crippen LogP contribution < -0.4 is 15.0 Å². The van der Waals surface area contributed by atoms with Crippen molar-refractivity contribution in [3.8, 4) is 5.88 Å². The number of hydrogen-bond donors (Lipinski definition) is 1. The molecule has 2 aliphatic rings. The number of hydrogen-bond acceptors (Lipinski definition) is 8. The number of fused-ring (bicyclic) bond motifs is 1. The third-order valence-electron chi connectivity index (χ3n) is 7.06. The van der Waals surface area contributed by atoms with Gasteiger partial charge in [-0.1, -0.05) is 36.0 Å². The van der Waals surface area contributed by atoms with Gasteiger partial charge in [-0.25, -0.2) is 14.4 Å². The molecule has 0 spiro atoms. The number of amides is 1. The van der Waals surface area contributed by atoms with Crippen molar-refractivity contribution in [1.29, 1.82) is 0 Å². The lowest BCUT2D eigenvalue weighted by molar-refractivity contribution is 0.0655. The van der Waals surface area contributed by atoms with Gasteiger partial charge in [0.15, 0.2) is 5.17 Å². The van der Waals surface area contributed by atoms with Crippen LogP contribution >= 0.6 is 11.8 Å². The maximum atomic E-state index is 15.7. The second-order valence-corrected chi connectivity index (χ2v) is 11.2. The normalized spacial score (nSPS) is 20.3. The summed E-state index contributed by atoms with van der Waals surface area (Å²) in [7, 11) is 1.35. The maximum Gasteiger partial charge on any atom is 0.257 e. The van der Waals surface area contributed by atoms with E-state index in [4.69, 9.17) is 14.5 Å². The minimum atomic E-state index is -1.05. The lowest BCUT2D eigenvalue weighted by atomic mass is 9.81. The number of nitrogens with zero attached hydrogens (tertiary/aromatic N) is 4. The van der Waals surface area contributed by atoms with E-state index in [-0.39, 0.29) is 42.0 Å². The smallest absolute Gasteiger partial charge is 0.257 e. The summed E-state index contributed by atoms with van der Waals surface area (Å²) in [5.74, 6) is -0.783. The highest BCUT2D eigenvalue weighted by Gasteiger charge is 2.52. The van der Waals surface area contributed by atoms with Gasteiger partial charge in [0, 0.05) is 29.3 Å². The van der Waals surface area contributed by atoms with Crippen molar-refractivity contribution < 1.29 is 23.0 Å². The van der Waals surface area contributed by atoms with Crippen LogP contribution in [0.4, 0.5) is 14.7 Å². The van der Waals surface area contributed by atoms with Gasteiger partial charge < -0.3 is 19.7 Å². The molecule has 2 aromatic carbocycles. The van der Waals surface area contributed by atoms with E-state index in [2.05, 4.69) is 15.3 Å². The molecule has 3 aromatic rings. The fourth-order valence-corrected chi connectivity index (χ4v) is 6.14. The first kappa shape index (κ1) is 28.0. The van der Waals surface area contributed by atoms with E-state index in [1.54, 1.807) is 43.3 Å². The molecule has 0 radical (unpaired) electrons. The monoisotopic (exact) mass is 567 g/mol. The molecule has 11 heteroatoms. The molecule has 0 saturated carbocycles. The molecule has 0 unspecified atom stereocenters. The van der Waals surface area contributed by atoms with Gasteiger partial charge in [0.05, 0.1) is 32.1 Å². The maximum absolute atomic E-state index is 15.7. The number of ether oxygens (including phenoxy) is 2. The van der Waals surface area contributed by atoms with E-state index < -0.39 is 17.2 Å². The Morgan fingerprint density at radius 1 is 1.20 bits per heavy atom. The molecule has 3 heterocycles. The molecule has 0 bridgehead atoms. The molecule has 2 aliphatic heterocycles. The van der Waals surface area contributed by atoms with E-state index in [9.17, 15) is 9.18 Å². The van der Waals surface area contributed by atoms with Crippen molar-refractivity contribution in [3.63, 3.8) is 0 Å². The largest absolute Gasteiger partial charge is 0.479 e. The number of carbonyl (C=O) groups is 1. The van der Waals surface area contributed by atoms with Crippen molar-refractivity contribution in [2.45, 2.75) is 39.0 Å². The number of anilines is 1. The fourth-order valence-electron chi connectivity index (χ4n) is 5.00. The number of amidine groups is 1. The van der Waals surface area contributed by atoms with Crippen LogP contribution in [0.25, 0.3) is 0 Å². The van der Waals surface area contributed by atoms with Crippen LogP contribution in [0.1, 0.15) is 41.0 Å². The number of thioether (sulfide) groups is 1. The van der Waals surface area contributed by atoms with Crippen LogP contribution in [0.3, 0.4) is 0 Å². The van der Waals surface area contributed by atoms with E-state index in [0.717, 1.165) is 5.56 Å². The highest BCUT2D eigenvalue weighted by Crippen LogP contribution is 2.47. The number of methoxy groups -OCH3 is 1. The van der Waals surface area contributed by atoms with Crippen LogP contribution in [0.2, 0.25) is 0 Å². The Balaban J connectivity index is 1.56. The Labute approximate surface area is 236 Å². The Morgan fingerprint density at radius 3 is 2.70 bits per heavy atom. The van der Waals surface area contributed by atoms with Gasteiger partial charge in [-0.05, 0) is 50.6 Å². The van der Waals surface area contributed by atoms with Gasteiger partial charge in [-0.2, -0.15) is 9.37 Å². The van der Waals surface area contributed by atoms with Crippen LogP contribution in [-0.4, -0.2) is 53.1 Å². The van der Waals surface area contributed by atoms with Crippen LogP contribution in [0.15, 0.2) is 53.5 Å². The number of benzene rings is 2. The predicted octanol–water partition coefficient (Wildman–Crippen LogP) is 4.86. The molecule has 1 amide bonds. The van der Waals surface area contributed by atoms with E-state index in [0.29, 0.717) is 35.2 Å². The van der Waals surface area contributed by atoms with E-state index in [1.807, 2.05) is 24.8 Å². The first-order valence-electron chi connectivity index (χ1n) is 13.0. The Bertz CT molecular complexity index is 1440. The van der Waals surface area contributed by atoms with Crippen molar-refractivity contribution in [3.05, 3.63) is 82.5 Å². The molecular weight excluding hydrogens is 536 g/mol. The highest BCUT2D eigenvalue weighted by molar-refractivity contribution is 8.13. The van der Waals surface area contributed by atoms with Gasteiger partial charge in [0.2, 0.25) is 11.8 Å². The number of halogens is 2. The summed E-state index contributed by atoms with van der Waals surface area (Å²) in [4.78, 5) is 28.5. The molecule has 0 aliphatic carbocycles. The fraction of sp³-hybridized carbons (Fsp3) is 0.379. The first-order chi connectivity index (χ1) is 19.2. The van der Waals surface area contributed by atoms with Gasteiger partial charge in [-0.15, -0.1) is 0 Å². The molecule has 40 heavy (non-hydrogen) atoms. The minimum Gasteiger partial charge on any atom is -0.479 e. The minimum absolute atomic E-state index is 0.0131. The Hall–Kier alpha value is -3.57. The molecule has 2 atom stereocenters. The number of aromatic nitrogens is 2. The van der Waals surface area contributed by atoms with Crippen LogP contribution in [-0.2, 0) is 16.9 Å². The standard InChI is InChI=1S/C29H31F2N5O3S/c1-17(2)39-14-19-10-11-23(30)22(12-19)29-16-36(27-32-18(3)24(31)26(34-27)38-4)13-21(29)15-40-28(35-29)33-25(37)20-8-6-5-7-9-20/h5-12,17,21H,13-16H2,1-4H3,(H,33,35,37)/t21-,29-/m0/s1. The van der Waals surface area contributed by atoms with Gasteiger partial charge in [0.25, 0.3) is 11.8 Å². The van der Waals surface area contributed by atoms with Crippen LogP contribution in [0, 0.1) is 24.5 Å². The quantitative estimate of drug-likeness (QED) is 0.436.